The van der Waals surface area contributed by atoms with E-state index < -0.39 is 5.97 Å². The quantitative estimate of drug-likeness (QED) is 0.162. The van der Waals surface area contributed by atoms with E-state index in [1.807, 2.05) is 0 Å². The molecule has 0 radical (unpaired) electrons. The van der Waals surface area contributed by atoms with Crippen LogP contribution < -0.4 is 0 Å². The molecule has 0 bridgehead atoms. The Balaban J connectivity index is 5.11. The Morgan fingerprint density at radius 2 is 1.24 bits per heavy atom. The molecule has 0 aliphatic heterocycles. The van der Waals surface area contributed by atoms with Gasteiger partial charge in [-0.05, 0) is 39.0 Å². The van der Waals surface area contributed by atoms with E-state index in [0.29, 0.717) is 0 Å². The Morgan fingerprint density at radius 1 is 0.680 bits per heavy atom. The van der Waals surface area contributed by atoms with Gasteiger partial charge in [0.25, 0.3) is 5.97 Å². The molecule has 0 heterocycles. The molecular weight excluding hydrogens is 312 g/mol. The number of hydrogen-bond donors (Lipinski definition) is 0. The van der Waals surface area contributed by atoms with Crippen molar-refractivity contribution in [3.05, 3.63) is 12.2 Å². The van der Waals surface area contributed by atoms with Crippen LogP contribution in [0.1, 0.15) is 97.8 Å². The van der Waals surface area contributed by atoms with E-state index in [-0.39, 0.29) is 5.41 Å². The third-order valence-corrected chi connectivity index (χ3v) is 5.45. The molecule has 0 aromatic rings. The highest BCUT2D eigenvalue weighted by atomic mass is 16.9. The van der Waals surface area contributed by atoms with E-state index in [2.05, 4.69) is 32.9 Å². The van der Waals surface area contributed by atoms with Crippen LogP contribution in [-0.2, 0) is 14.2 Å². The second-order valence-corrected chi connectivity index (χ2v) is 7.18. The maximum Gasteiger partial charge on any atom is 0.288 e. The second-order valence-electron chi connectivity index (χ2n) is 7.18. The number of unbranched alkanes of at least 4 members (excludes halogenated alkanes) is 6. The summed E-state index contributed by atoms with van der Waals surface area (Å²) in [6, 6.07) is 0. The van der Waals surface area contributed by atoms with E-state index in [1.165, 1.54) is 38.5 Å². The lowest BCUT2D eigenvalue weighted by atomic mass is 9.72. The zero-order chi connectivity index (χ0) is 19.0. The van der Waals surface area contributed by atoms with E-state index in [1.54, 1.807) is 21.3 Å². The van der Waals surface area contributed by atoms with Crippen molar-refractivity contribution >= 4 is 0 Å². The van der Waals surface area contributed by atoms with Gasteiger partial charge < -0.3 is 14.2 Å². The smallest absolute Gasteiger partial charge is 0.288 e. The van der Waals surface area contributed by atoms with Crippen LogP contribution in [0.15, 0.2) is 12.2 Å². The first-order valence-corrected chi connectivity index (χ1v) is 10.4. The molecule has 0 N–H and O–H groups in total. The number of ether oxygens (including phenoxy) is 3. The van der Waals surface area contributed by atoms with Crippen molar-refractivity contribution in [2.24, 2.45) is 5.41 Å². The minimum absolute atomic E-state index is 0.0909. The van der Waals surface area contributed by atoms with Crippen LogP contribution in [0.5, 0.6) is 0 Å². The molecule has 1 atom stereocenters. The van der Waals surface area contributed by atoms with Crippen LogP contribution in [0.3, 0.4) is 0 Å². The summed E-state index contributed by atoms with van der Waals surface area (Å²) in [5.41, 5.74) is -0.0909. The van der Waals surface area contributed by atoms with Crippen molar-refractivity contribution in [1.29, 1.82) is 0 Å². The van der Waals surface area contributed by atoms with Gasteiger partial charge in [0.15, 0.2) is 0 Å². The first-order valence-electron chi connectivity index (χ1n) is 10.4. The lowest BCUT2D eigenvalue weighted by Crippen LogP contribution is -2.53. The molecule has 0 aromatic carbocycles. The maximum absolute atomic E-state index is 5.84. The van der Waals surface area contributed by atoms with Gasteiger partial charge in [-0.1, -0.05) is 70.9 Å². The molecule has 0 fully saturated rings. The molecule has 3 heteroatoms. The first kappa shape index (κ1) is 24.6. The number of hydrogen-bond acceptors (Lipinski definition) is 3. The van der Waals surface area contributed by atoms with Gasteiger partial charge in [0.2, 0.25) is 0 Å². The maximum atomic E-state index is 5.84. The zero-order valence-corrected chi connectivity index (χ0v) is 17.9. The fourth-order valence-electron chi connectivity index (χ4n) is 4.18. The summed E-state index contributed by atoms with van der Waals surface area (Å²) < 4.78 is 17.5. The third-order valence-electron chi connectivity index (χ3n) is 5.45. The summed E-state index contributed by atoms with van der Waals surface area (Å²) in [5, 5.41) is 0. The van der Waals surface area contributed by atoms with Gasteiger partial charge in [0.05, 0.1) is 5.41 Å². The molecule has 0 spiro atoms. The highest BCUT2D eigenvalue weighted by molar-refractivity contribution is 4.90. The Bertz CT molecular complexity index is 315. The van der Waals surface area contributed by atoms with Gasteiger partial charge in [-0.25, -0.2) is 0 Å². The van der Waals surface area contributed by atoms with Crippen LogP contribution in [0.4, 0.5) is 0 Å². The Labute approximate surface area is 157 Å². The fraction of sp³-hybridized carbons (Fsp3) is 0.909. The highest BCUT2D eigenvalue weighted by Crippen LogP contribution is 2.48. The topological polar surface area (TPSA) is 27.7 Å². The van der Waals surface area contributed by atoms with Crippen molar-refractivity contribution in [3.63, 3.8) is 0 Å². The minimum atomic E-state index is -0.942. The Morgan fingerprint density at radius 3 is 1.76 bits per heavy atom. The molecule has 0 aliphatic rings. The van der Waals surface area contributed by atoms with E-state index in [4.69, 9.17) is 14.2 Å². The molecule has 0 amide bonds. The minimum Gasteiger partial charge on any atom is -0.330 e. The van der Waals surface area contributed by atoms with Crippen LogP contribution in [0.2, 0.25) is 0 Å². The number of rotatable bonds is 17. The van der Waals surface area contributed by atoms with Crippen molar-refractivity contribution < 1.29 is 14.2 Å². The van der Waals surface area contributed by atoms with Crippen molar-refractivity contribution in [3.8, 4) is 0 Å². The lowest BCUT2D eigenvalue weighted by molar-refractivity contribution is -0.411. The summed E-state index contributed by atoms with van der Waals surface area (Å²) in [7, 11) is 5.14. The van der Waals surface area contributed by atoms with E-state index in [9.17, 15) is 0 Å². The largest absolute Gasteiger partial charge is 0.330 e. The summed E-state index contributed by atoms with van der Waals surface area (Å²) in [6.45, 7) is 6.59. The van der Waals surface area contributed by atoms with Gasteiger partial charge in [-0.15, -0.1) is 0 Å². The lowest BCUT2D eigenvalue weighted by Gasteiger charge is -2.47. The predicted octanol–water partition coefficient (Wildman–Crippen LogP) is 6.86. The van der Waals surface area contributed by atoms with Crippen molar-refractivity contribution in [2.45, 2.75) is 104 Å². The van der Waals surface area contributed by atoms with Crippen molar-refractivity contribution in [1.82, 2.24) is 0 Å². The van der Waals surface area contributed by atoms with Crippen molar-refractivity contribution in [2.75, 3.05) is 21.3 Å². The van der Waals surface area contributed by atoms with Crippen LogP contribution >= 0.6 is 0 Å². The van der Waals surface area contributed by atoms with Crippen LogP contribution in [0.25, 0.3) is 0 Å². The van der Waals surface area contributed by atoms with Gasteiger partial charge in [-0.3, -0.25) is 0 Å². The van der Waals surface area contributed by atoms with Crippen LogP contribution in [0, 0.1) is 5.41 Å². The van der Waals surface area contributed by atoms with Gasteiger partial charge in [-0.2, -0.15) is 0 Å². The highest BCUT2D eigenvalue weighted by Gasteiger charge is 2.52. The monoisotopic (exact) mass is 356 g/mol. The number of allylic oxidation sites excluding steroid dienone is 2. The SMILES string of the molecule is CC=CCCCC(CCC)(CCCCCCCC)C(OC)(OC)OC. The molecule has 0 saturated carbocycles. The predicted molar refractivity (Wildman–Crippen MR) is 108 cm³/mol. The zero-order valence-electron chi connectivity index (χ0n) is 17.9. The molecule has 0 aliphatic carbocycles. The fourth-order valence-corrected chi connectivity index (χ4v) is 4.18. The van der Waals surface area contributed by atoms with Crippen LogP contribution in [-0.4, -0.2) is 27.3 Å². The second kappa shape index (κ2) is 14.8. The molecular formula is C22H44O3. The average Bonchev–Trinajstić information content (AvgIpc) is 2.63. The summed E-state index contributed by atoms with van der Waals surface area (Å²) in [5.74, 6) is -0.942. The molecule has 25 heavy (non-hydrogen) atoms. The Kier molecular flexibility index (Phi) is 14.5. The molecule has 1 unspecified atom stereocenters. The van der Waals surface area contributed by atoms with Gasteiger partial charge >= 0.3 is 0 Å². The van der Waals surface area contributed by atoms with Gasteiger partial charge in [0.1, 0.15) is 0 Å². The number of methoxy groups -OCH3 is 3. The summed E-state index contributed by atoms with van der Waals surface area (Å²) in [4.78, 5) is 0. The first-order chi connectivity index (χ1) is 12.1. The van der Waals surface area contributed by atoms with E-state index in [0.717, 1.165) is 38.5 Å². The molecule has 0 saturated heterocycles. The standard InChI is InChI=1S/C22H44O3/c1-7-10-12-14-15-17-20-21(18-9-3,19-16-13-11-8-2)22(23-4,24-5)25-6/h8,11H,7,9-10,12-20H2,1-6H3. The van der Waals surface area contributed by atoms with E-state index >= 15 is 0 Å². The Hall–Kier alpha value is -0.380. The molecule has 0 aromatic heterocycles. The third kappa shape index (κ3) is 7.80. The average molecular weight is 357 g/mol. The molecule has 150 valence electrons. The summed E-state index contributed by atoms with van der Waals surface area (Å²) in [6.07, 6.45) is 18.8. The normalized spacial score (nSPS) is 15.0. The van der Waals surface area contributed by atoms with Gasteiger partial charge in [0, 0.05) is 21.3 Å². The summed E-state index contributed by atoms with van der Waals surface area (Å²) >= 11 is 0. The molecule has 0 rings (SSSR count). The molecule has 3 nitrogen and oxygen atoms in total.